The molecule has 0 radical (unpaired) electrons. The summed E-state index contributed by atoms with van der Waals surface area (Å²) >= 11 is 0. The van der Waals surface area contributed by atoms with E-state index in [0.29, 0.717) is 35.4 Å². The van der Waals surface area contributed by atoms with E-state index in [1.165, 1.54) is 12.4 Å². The molecule has 0 aromatic carbocycles. The maximum atomic E-state index is 12.4. The SMILES string of the molecule is CC(C)COc1cc(=O)n(CC(=O)Nc2ccc3nncn3c2)nc1N(C)C. The van der Waals surface area contributed by atoms with Crippen LogP contribution in [0.3, 0.4) is 0 Å². The Morgan fingerprint density at radius 1 is 1.32 bits per heavy atom. The van der Waals surface area contributed by atoms with E-state index in [2.05, 4.69) is 20.6 Å². The molecule has 3 rings (SSSR count). The molecule has 0 aliphatic heterocycles. The highest BCUT2D eigenvalue weighted by Crippen LogP contribution is 2.22. The van der Waals surface area contributed by atoms with Gasteiger partial charge in [0.15, 0.2) is 17.2 Å². The first kappa shape index (κ1) is 19.3. The molecule has 0 saturated carbocycles. The Hall–Kier alpha value is -3.43. The van der Waals surface area contributed by atoms with Gasteiger partial charge in [-0.3, -0.25) is 14.0 Å². The standard InChI is InChI=1S/C18H23N7O3/c1-12(2)10-28-14-7-17(27)25(22-18(14)23(3)4)9-16(26)20-13-5-6-15-21-19-11-24(15)8-13/h5-8,11-12H,9-10H2,1-4H3,(H,20,26). The summed E-state index contributed by atoms with van der Waals surface area (Å²) in [6.07, 6.45) is 3.23. The molecule has 0 spiro atoms. The molecule has 3 heterocycles. The molecule has 10 heteroatoms. The topological polar surface area (TPSA) is 107 Å². The largest absolute Gasteiger partial charge is 0.489 e. The van der Waals surface area contributed by atoms with Crippen molar-refractivity contribution in [2.45, 2.75) is 20.4 Å². The van der Waals surface area contributed by atoms with E-state index in [1.54, 1.807) is 41.7 Å². The number of carbonyl (C=O) groups excluding carboxylic acids is 1. The van der Waals surface area contributed by atoms with Crippen molar-refractivity contribution in [3.63, 3.8) is 0 Å². The van der Waals surface area contributed by atoms with E-state index >= 15 is 0 Å². The van der Waals surface area contributed by atoms with E-state index in [4.69, 9.17) is 4.74 Å². The second kappa shape index (κ2) is 8.07. The fraction of sp³-hybridized carbons (Fsp3) is 0.389. The molecule has 0 saturated heterocycles. The summed E-state index contributed by atoms with van der Waals surface area (Å²) in [5, 5.41) is 14.7. The molecular formula is C18H23N7O3. The van der Waals surface area contributed by atoms with Crippen LogP contribution in [0.15, 0.2) is 35.5 Å². The quantitative estimate of drug-likeness (QED) is 0.647. The lowest BCUT2D eigenvalue weighted by Crippen LogP contribution is -2.31. The van der Waals surface area contributed by atoms with Gasteiger partial charge < -0.3 is 15.0 Å². The molecule has 0 unspecified atom stereocenters. The maximum absolute atomic E-state index is 12.4. The summed E-state index contributed by atoms with van der Waals surface area (Å²) < 4.78 is 8.50. The van der Waals surface area contributed by atoms with Crippen molar-refractivity contribution in [1.29, 1.82) is 0 Å². The van der Waals surface area contributed by atoms with Crippen LogP contribution in [-0.2, 0) is 11.3 Å². The van der Waals surface area contributed by atoms with Gasteiger partial charge in [0.25, 0.3) is 5.56 Å². The van der Waals surface area contributed by atoms with Gasteiger partial charge in [-0.2, -0.15) is 0 Å². The van der Waals surface area contributed by atoms with Crippen LogP contribution in [0.2, 0.25) is 0 Å². The van der Waals surface area contributed by atoms with Crippen LogP contribution in [0.1, 0.15) is 13.8 Å². The van der Waals surface area contributed by atoms with Gasteiger partial charge in [-0.05, 0) is 18.1 Å². The lowest BCUT2D eigenvalue weighted by atomic mass is 10.2. The Morgan fingerprint density at radius 3 is 2.82 bits per heavy atom. The van der Waals surface area contributed by atoms with Crippen molar-refractivity contribution in [3.05, 3.63) is 41.1 Å². The second-order valence-electron chi connectivity index (χ2n) is 6.99. The lowest BCUT2D eigenvalue weighted by Gasteiger charge is -2.18. The van der Waals surface area contributed by atoms with Crippen molar-refractivity contribution < 1.29 is 9.53 Å². The number of aromatic nitrogens is 5. The van der Waals surface area contributed by atoms with Crippen LogP contribution in [0, 0.1) is 5.92 Å². The number of pyridine rings is 1. The fourth-order valence-electron chi connectivity index (χ4n) is 2.49. The van der Waals surface area contributed by atoms with Gasteiger partial charge in [0.05, 0.1) is 18.4 Å². The normalized spacial score (nSPS) is 11.0. The average Bonchev–Trinajstić information content (AvgIpc) is 3.09. The number of rotatable bonds is 7. The number of fused-ring (bicyclic) bond motifs is 1. The Morgan fingerprint density at radius 2 is 2.11 bits per heavy atom. The van der Waals surface area contributed by atoms with Crippen LogP contribution >= 0.6 is 0 Å². The highest BCUT2D eigenvalue weighted by atomic mass is 16.5. The zero-order chi connectivity index (χ0) is 20.3. The summed E-state index contributed by atoms with van der Waals surface area (Å²) in [5.74, 6) is 0.825. The summed E-state index contributed by atoms with van der Waals surface area (Å²) in [5.41, 5.74) is 0.826. The highest BCUT2D eigenvalue weighted by molar-refractivity contribution is 5.90. The molecular weight excluding hydrogens is 362 g/mol. The Bertz CT molecular complexity index is 1040. The third-order valence-electron chi connectivity index (χ3n) is 3.81. The maximum Gasteiger partial charge on any atom is 0.271 e. The van der Waals surface area contributed by atoms with Gasteiger partial charge >= 0.3 is 0 Å². The van der Waals surface area contributed by atoms with Crippen LogP contribution < -0.4 is 20.5 Å². The number of anilines is 2. The van der Waals surface area contributed by atoms with Crippen LogP contribution in [0.5, 0.6) is 5.75 Å². The fourth-order valence-corrected chi connectivity index (χ4v) is 2.49. The van der Waals surface area contributed by atoms with Gasteiger partial charge in [-0.25, -0.2) is 4.68 Å². The molecule has 0 fully saturated rings. The number of ether oxygens (including phenoxy) is 1. The van der Waals surface area contributed by atoms with Gasteiger partial charge in [-0.15, -0.1) is 15.3 Å². The molecule has 1 amide bonds. The zero-order valence-corrected chi connectivity index (χ0v) is 16.3. The molecule has 0 atom stereocenters. The smallest absolute Gasteiger partial charge is 0.271 e. The summed E-state index contributed by atoms with van der Waals surface area (Å²) in [4.78, 5) is 26.5. The molecule has 0 aliphatic rings. The predicted octanol–water partition coefficient (Wildman–Crippen LogP) is 1.03. The number of amides is 1. The number of hydrogen-bond acceptors (Lipinski definition) is 7. The molecule has 3 aromatic heterocycles. The first-order chi connectivity index (χ1) is 13.3. The molecule has 0 bridgehead atoms. The Balaban J connectivity index is 1.77. The van der Waals surface area contributed by atoms with Gasteiger partial charge in [0.2, 0.25) is 5.91 Å². The van der Waals surface area contributed by atoms with Crippen LogP contribution in [-0.4, -0.2) is 51.0 Å². The first-order valence-corrected chi connectivity index (χ1v) is 8.85. The summed E-state index contributed by atoms with van der Waals surface area (Å²) in [6, 6.07) is 4.81. The average molecular weight is 385 g/mol. The van der Waals surface area contributed by atoms with Crippen molar-refractivity contribution in [2.75, 3.05) is 30.9 Å². The highest BCUT2D eigenvalue weighted by Gasteiger charge is 2.15. The molecule has 0 aliphatic carbocycles. The molecule has 10 nitrogen and oxygen atoms in total. The first-order valence-electron chi connectivity index (χ1n) is 8.85. The minimum Gasteiger partial charge on any atom is -0.489 e. The van der Waals surface area contributed by atoms with E-state index in [9.17, 15) is 9.59 Å². The van der Waals surface area contributed by atoms with Crippen LogP contribution in [0.4, 0.5) is 11.5 Å². The lowest BCUT2D eigenvalue weighted by molar-refractivity contribution is -0.117. The van der Waals surface area contributed by atoms with Crippen LogP contribution in [0.25, 0.3) is 5.65 Å². The van der Waals surface area contributed by atoms with Gasteiger partial charge in [0.1, 0.15) is 12.9 Å². The minimum absolute atomic E-state index is 0.218. The monoisotopic (exact) mass is 385 g/mol. The molecule has 148 valence electrons. The van der Waals surface area contributed by atoms with E-state index in [0.717, 1.165) is 4.68 Å². The van der Waals surface area contributed by atoms with Gasteiger partial charge in [-0.1, -0.05) is 13.8 Å². The third-order valence-corrected chi connectivity index (χ3v) is 3.81. The van der Waals surface area contributed by atoms with Crippen molar-refractivity contribution in [1.82, 2.24) is 24.4 Å². The van der Waals surface area contributed by atoms with E-state index in [1.807, 2.05) is 13.8 Å². The minimum atomic E-state index is -0.409. The molecule has 28 heavy (non-hydrogen) atoms. The van der Waals surface area contributed by atoms with Crippen molar-refractivity contribution in [3.8, 4) is 5.75 Å². The van der Waals surface area contributed by atoms with E-state index < -0.39 is 5.56 Å². The summed E-state index contributed by atoms with van der Waals surface area (Å²) in [7, 11) is 3.60. The number of hydrogen-bond donors (Lipinski definition) is 1. The third kappa shape index (κ3) is 4.45. The van der Waals surface area contributed by atoms with Crippen molar-refractivity contribution in [2.24, 2.45) is 5.92 Å². The second-order valence-corrected chi connectivity index (χ2v) is 6.99. The number of nitrogens with one attached hydrogen (secondary N) is 1. The molecule has 3 aromatic rings. The number of nitrogens with zero attached hydrogens (tertiary/aromatic N) is 6. The predicted molar refractivity (Wildman–Crippen MR) is 105 cm³/mol. The van der Waals surface area contributed by atoms with Gasteiger partial charge in [0, 0.05) is 20.3 Å². The Kier molecular flexibility index (Phi) is 5.57. The van der Waals surface area contributed by atoms with E-state index in [-0.39, 0.29) is 12.5 Å². The summed E-state index contributed by atoms with van der Waals surface area (Å²) in [6.45, 7) is 4.29. The zero-order valence-electron chi connectivity index (χ0n) is 16.3. The Labute approximate surface area is 161 Å². The van der Waals surface area contributed by atoms with Crippen molar-refractivity contribution >= 4 is 23.1 Å². The number of carbonyl (C=O) groups is 1. The molecule has 1 N–H and O–H groups in total.